The van der Waals surface area contributed by atoms with E-state index >= 15 is 0 Å². The Balaban J connectivity index is 3.78. The maximum atomic E-state index is 8.79. The summed E-state index contributed by atoms with van der Waals surface area (Å²) < 4.78 is 0. The molecule has 0 radical (unpaired) electrons. The highest BCUT2D eigenvalue weighted by Gasteiger charge is 2.18. The van der Waals surface area contributed by atoms with Gasteiger partial charge in [-0.25, -0.2) is 0 Å². The van der Waals surface area contributed by atoms with Crippen molar-refractivity contribution >= 4 is 34.8 Å². The van der Waals surface area contributed by atoms with Crippen LogP contribution >= 0.6 is 34.8 Å². The predicted octanol–water partition coefficient (Wildman–Crippen LogP) is 3.70. The van der Waals surface area contributed by atoms with Crippen molar-refractivity contribution in [2.45, 2.75) is 6.92 Å². The van der Waals surface area contributed by atoms with Crippen molar-refractivity contribution in [2.75, 3.05) is 0 Å². The Morgan fingerprint density at radius 2 is 1.36 bits per heavy atom. The van der Waals surface area contributed by atoms with Crippen LogP contribution in [0.15, 0.2) is 0 Å². The largest absolute Gasteiger partial charge is 0.192 e. The van der Waals surface area contributed by atoms with E-state index in [1.807, 2.05) is 6.07 Å². The number of benzene rings is 1. The van der Waals surface area contributed by atoms with Crippen molar-refractivity contribution in [1.82, 2.24) is 0 Å². The standard InChI is InChI=1S/C9H3Cl3N2/c1-4-5(2-13)8(11)6(3-14)9(12)7(4)10/h1H3. The molecule has 0 N–H and O–H groups in total. The minimum atomic E-state index is 0.0421. The summed E-state index contributed by atoms with van der Waals surface area (Å²) in [5, 5.41) is 17.9. The monoisotopic (exact) mass is 244 g/mol. The summed E-state index contributed by atoms with van der Waals surface area (Å²) in [5.41, 5.74) is 0.723. The Labute approximate surface area is 96.2 Å². The summed E-state index contributed by atoms with van der Waals surface area (Å²) in [6, 6.07) is 3.69. The van der Waals surface area contributed by atoms with E-state index in [0.29, 0.717) is 5.56 Å². The zero-order valence-electron chi connectivity index (χ0n) is 7.03. The first-order valence-electron chi connectivity index (χ1n) is 3.51. The Hall–Kier alpha value is -0.930. The van der Waals surface area contributed by atoms with Gasteiger partial charge in [-0.3, -0.25) is 0 Å². The molecule has 70 valence electrons. The van der Waals surface area contributed by atoms with Gasteiger partial charge >= 0.3 is 0 Å². The molecular formula is C9H3Cl3N2. The molecule has 0 fully saturated rings. The third kappa shape index (κ3) is 1.53. The van der Waals surface area contributed by atoms with Crippen LogP contribution < -0.4 is 0 Å². The molecule has 0 spiro atoms. The highest BCUT2D eigenvalue weighted by molar-refractivity contribution is 6.45. The number of hydrogen-bond donors (Lipinski definition) is 0. The van der Waals surface area contributed by atoms with Gasteiger partial charge in [0.25, 0.3) is 0 Å². The SMILES string of the molecule is Cc1c(Cl)c(Cl)c(C#N)c(Cl)c1C#N. The maximum Gasteiger partial charge on any atom is 0.102 e. The van der Waals surface area contributed by atoms with Crippen molar-refractivity contribution < 1.29 is 0 Å². The molecule has 0 atom stereocenters. The predicted molar refractivity (Wildman–Crippen MR) is 55.6 cm³/mol. The fourth-order valence-corrected chi connectivity index (χ4v) is 1.84. The molecule has 0 amide bonds. The van der Waals surface area contributed by atoms with Gasteiger partial charge in [-0.2, -0.15) is 10.5 Å². The second kappa shape index (κ2) is 4.07. The molecule has 14 heavy (non-hydrogen) atoms. The maximum absolute atomic E-state index is 8.79. The van der Waals surface area contributed by atoms with Crippen molar-refractivity contribution in [1.29, 1.82) is 10.5 Å². The molecule has 0 saturated carbocycles. The van der Waals surface area contributed by atoms with Gasteiger partial charge in [0.2, 0.25) is 0 Å². The second-order valence-corrected chi connectivity index (χ2v) is 3.67. The first-order chi connectivity index (χ1) is 6.54. The number of nitrogens with zero attached hydrogens (tertiary/aromatic N) is 2. The van der Waals surface area contributed by atoms with Crippen LogP contribution in [0, 0.1) is 29.6 Å². The first-order valence-corrected chi connectivity index (χ1v) is 4.65. The minimum absolute atomic E-state index is 0.0421. The van der Waals surface area contributed by atoms with Gasteiger partial charge in [-0.15, -0.1) is 0 Å². The summed E-state index contributed by atoms with van der Waals surface area (Å²) in [6.07, 6.45) is 0. The lowest BCUT2D eigenvalue weighted by Crippen LogP contribution is -1.92. The third-order valence-electron chi connectivity index (χ3n) is 1.78. The smallest absolute Gasteiger partial charge is 0.102 e. The molecule has 0 heterocycles. The van der Waals surface area contributed by atoms with Crippen LogP contribution in [0.3, 0.4) is 0 Å². The zero-order chi connectivity index (χ0) is 10.9. The molecule has 0 bridgehead atoms. The summed E-state index contributed by atoms with van der Waals surface area (Å²) in [5.74, 6) is 0. The lowest BCUT2D eigenvalue weighted by molar-refractivity contribution is 1.37. The summed E-state index contributed by atoms with van der Waals surface area (Å²) in [4.78, 5) is 0. The Morgan fingerprint density at radius 1 is 0.857 bits per heavy atom. The third-order valence-corrected chi connectivity index (χ3v) is 3.10. The van der Waals surface area contributed by atoms with Crippen LogP contribution in [0.1, 0.15) is 16.7 Å². The van der Waals surface area contributed by atoms with Gasteiger partial charge in [0.15, 0.2) is 0 Å². The van der Waals surface area contributed by atoms with Crippen molar-refractivity contribution in [3.63, 3.8) is 0 Å². The average molecular weight is 245 g/mol. The summed E-state index contributed by atoms with van der Waals surface area (Å²) in [6.45, 7) is 1.62. The lowest BCUT2D eigenvalue weighted by atomic mass is 10.1. The lowest BCUT2D eigenvalue weighted by Gasteiger charge is -2.07. The topological polar surface area (TPSA) is 47.6 Å². The van der Waals surface area contributed by atoms with Gasteiger partial charge in [0.05, 0.1) is 26.2 Å². The van der Waals surface area contributed by atoms with Crippen LogP contribution in [0.5, 0.6) is 0 Å². The molecule has 2 nitrogen and oxygen atoms in total. The molecule has 5 heteroatoms. The Morgan fingerprint density at radius 3 is 1.79 bits per heavy atom. The molecular weight excluding hydrogens is 242 g/mol. The fraction of sp³-hybridized carbons (Fsp3) is 0.111. The highest BCUT2D eigenvalue weighted by atomic mass is 35.5. The molecule has 1 aromatic rings. The van der Waals surface area contributed by atoms with Crippen molar-refractivity contribution in [3.05, 3.63) is 31.8 Å². The minimum Gasteiger partial charge on any atom is -0.192 e. The number of rotatable bonds is 0. The molecule has 1 aromatic carbocycles. The van der Waals surface area contributed by atoms with E-state index in [1.165, 1.54) is 0 Å². The summed E-state index contributed by atoms with van der Waals surface area (Å²) >= 11 is 17.4. The molecule has 0 aliphatic heterocycles. The first kappa shape index (κ1) is 11.1. The summed E-state index contributed by atoms with van der Waals surface area (Å²) in [7, 11) is 0. The molecule has 0 unspecified atom stereocenters. The van der Waals surface area contributed by atoms with E-state index in [1.54, 1.807) is 13.0 Å². The van der Waals surface area contributed by atoms with E-state index in [2.05, 4.69) is 0 Å². The van der Waals surface area contributed by atoms with Gasteiger partial charge < -0.3 is 0 Å². The number of halogens is 3. The zero-order valence-corrected chi connectivity index (χ0v) is 9.30. The molecule has 0 aromatic heterocycles. The van der Waals surface area contributed by atoms with E-state index in [9.17, 15) is 0 Å². The Kier molecular flexibility index (Phi) is 3.24. The van der Waals surface area contributed by atoms with Crippen LogP contribution in [-0.4, -0.2) is 0 Å². The quantitative estimate of drug-likeness (QED) is 0.654. The molecule has 0 aliphatic rings. The van der Waals surface area contributed by atoms with E-state index in [-0.39, 0.29) is 26.2 Å². The van der Waals surface area contributed by atoms with Crippen molar-refractivity contribution in [3.8, 4) is 12.1 Å². The fourth-order valence-electron chi connectivity index (χ4n) is 1.00. The van der Waals surface area contributed by atoms with Crippen LogP contribution in [0.2, 0.25) is 15.1 Å². The van der Waals surface area contributed by atoms with E-state index in [4.69, 9.17) is 45.3 Å². The van der Waals surface area contributed by atoms with E-state index in [0.717, 1.165) is 0 Å². The van der Waals surface area contributed by atoms with Crippen LogP contribution in [0.25, 0.3) is 0 Å². The molecule has 1 rings (SSSR count). The van der Waals surface area contributed by atoms with Crippen LogP contribution in [0.4, 0.5) is 0 Å². The van der Waals surface area contributed by atoms with Crippen molar-refractivity contribution in [2.24, 2.45) is 0 Å². The van der Waals surface area contributed by atoms with Gasteiger partial charge in [0.1, 0.15) is 12.1 Å². The molecule has 0 saturated heterocycles. The Bertz CT molecular complexity index is 439. The van der Waals surface area contributed by atoms with Gasteiger partial charge in [-0.05, 0) is 12.5 Å². The normalized spacial score (nSPS) is 9.29. The van der Waals surface area contributed by atoms with Gasteiger partial charge in [0, 0.05) is 0 Å². The second-order valence-electron chi connectivity index (χ2n) is 2.54. The average Bonchev–Trinajstić information content (AvgIpc) is 2.16. The van der Waals surface area contributed by atoms with E-state index < -0.39 is 0 Å². The van der Waals surface area contributed by atoms with Gasteiger partial charge in [-0.1, -0.05) is 34.8 Å². The molecule has 0 aliphatic carbocycles. The number of nitriles is 2. The number of hydrogen-bond acceptors (Lipinski definition) is 2. The highest BCUT2D eigenvalue weighted by Crippen LogP contribution is 2.36. The van der Waals surface area contributed by atoms with Crippen LogP contribution in [-0.2, 0) is 0 Å².